The number of fused-ring (bicyclic) bond motifs is 1. The number of hydrogen-bond acceptors (Lipinski definition) is 6. The lowest BCUT2D eigenvalue weighted by atomic mass is 10.1. The van der Waals surface area contributed by atoms with Crippen molar-refractivity contribution in [3.63, 3.8) is 0 Å². The van der Waals surface area contributed by atoms with Gasteiger partial charge in [-0.25, -0.2) is 14.8 Å². The summed E-state index contributed by atoms with van der Waals surface area (Å²) < 4.78 is 33.5. The molecule has 3 heterocycles. The van der Waals surface area contributed by atoms with Crippen LogP contribution in [-0.2, 0) is 11.8 Å². The molecule has 184 valence electrons. The number of carboxylic acids is 1. The molecule has 0 radical (unpaired) electrons. The molecule has 4 rings (SSSR count). The maximum Gasteiger partial charge on any atom is 0.490 e. The van der Waals surface area contributed by atoms with Crippen molar-refractivity contribution in [2.45, 2.75) is 26.1 Å². The Morgan fingerprint density at radius 2 is 1.86 bits per heavy atom. The highest BCUT2D eigenvalue weighted by Gasteiger charge is 2.38. The maximum absolute atomic E-state index is 12.2. The number of hydrogen-bond donors (Lipinski definition) is 4. The van der Waals surface area contributed by atoms with Crippen LogP contribution in [0.4, 0.5) is 19.0 Å². The second-order valence-electron chi connectivity index (χ2n) is 7.81. The van der Waals surface area contributed by atoms with Crippen molar-refractivity contribution in [1.29, 1.82) is 0 Å². The Kier molecular flexibility index (Phi) is 7.08. The van der Waals surface area contributed by atoms with Crippen molar-refractivity contribution in [1.82, 2.24) is 30.0 Å². The van der Waals surface area contributed by atoms with Crippen LogP contribution >= 0.6 is 0 Å². The second kappa shape index (κ2) is 9.83. The van der Waals surface area contributed by atoms with Crippen LogP contribution < -0.4 is 11.1 Å². The second-order valence-corrected chi connectivity index (χ2v) is 7.81. The zero-order valence-corrected chi connectivity index (χ0v) is 18.9. The van der Waals surface area contributed by atoms with Crippen molar-refractivity contribution in [2.75, 3.05) is 5.73 Å². The number of imidazole rings is 1. The Hall–Kier alpha value is -4.42. The molecule has 1 aromatic carbocycles. The first-order valence-corrected chi connectivity index (χ1v) is 10.2. The fourth-order valence-electron chi connectivity index (χ4n) is 3.02. The number of carbonyl (C=O) groups excluding carboxylic acids is 1. The molecule has 0 atom stereocenters. The first-order valence-electron chi connectivity index (χ1n) is 10.2. The molecule has 13 heteroatoms. The standard InChI is InChI=1S/C20H21N7O.C2HF3O2/c1-11(2)24-20(28)12-4-5-16-17(7-12)26-19(25-16)15-6-13(8-22-18(15)21)14-9-23-27(3)10-14;3-2(4,5)1(6)7/h4-11H,1-3H3,(H2,21,22)(H,24,28)(H,25,26);(H,6,7). The predicted octanol–water partition coefficient (Wildman–Crippen LogP) is 3.38. The summed E-state index contributed by atoms with van der Waals surface area (Å²) in [6.07, 6.45) is 0.317. The number of anilines is 1. The van der Waals surface area contributed by atoms with Gasteiger partial charge in [-0.3, -0.25) is 9.48 Å². The molecule has 0 unspecified atom stereocenters. The minimum Gasteiger partial charge on any atom is -0.475 e. The lowest BCUT2D eigenvalue weighted by Crippen LogP contribution is -2.29. The fourth-order valence-corrected chi connectivity index (χ4v) is 3.02. The minimum absolute atomic E-state index is 0.0709. The molecule has 10 nitrogen and oxygen atoms in total. The summed E-state index contributed by atoms with van der Waals surface area (Å²) in [5.41, 5.74) is 10.7. The molecule has 0 aliphatic heterocycles. The summed E-state index contributed by atoms with van der Waals surface area (Å²) in [4.78, 5) is 33.3. The predicted molar refractivity (Wildman–Crippen MR) is 122 cm³/mol. The van der Waals surface area contributed by atoms with Gasteiger partial charge in [0, 0.05) is 42.2 Å². The Bertz CT molecular complexity index is 1380. The number of rotatable bonds is 4. The minimum atomic E-state index is -5.08. The third kappa shape index (κ3) is 6.13. The van der Waals surface area contributed by atoms with Gasteiger partial charge in [-0.15, -0.1) is 0 Å². The van der Waals surface area contributed by atoms with E-state index in [4.69, 9.17) is 15.6 Å². The van der Waals surface area contributed by atoms with Gasteiger partial charge >= 0.3 is 12.1 Å². The first kappa shape index (κ1) is 25.2. The average molecular weight is 489 g/mol. The van der Waals surface area contributed by atoms with Crippen molar-refractivity contribution in [3.8, 4) is 22.5 Å². The van der Waals surface area contributed by atoms with E-state index in [-0.39, 0.29) is 11.9 Å². The number of nitrogens with two attached hydrogens (primary N) is 1. The quantitative estimate of drug-likeness (QED) is 0.343. The fraction of sp³-hybridized carbons (Fsp3) is 0.227. The van der Waals surface area contributed by atoms with E-state index in [1.807, 2.05) is 39.2 Å². The first-order chi connectivity index (χ1) is 16.3. The Morgan fingerprint density at radius 3 is 2.43 bits per heavy atom. The summed E-state index contributed by atoms with van der Waals surface area (Å²) in [6, 6.07) is 7.38. The molecule has 0 fully saturated rings. The zero-order chi connectivity index (χ0) is 25.9. The van der Waals surface area contributed by atoms with Gasteiger partial charge < -0.3 is 21.1 Å². The molecule has 0 saturated carbocycles. The van der Waals surface area contributed by atoms with E-state index < -0.39 is 12.1 Å². The molecule has 0 saturated heterocycles. The van der Waals surface area contributed by atoms with Crippen molar-refractivity contribution >= 4 is 28.7 Å². The number of aliphatic carboxylic acids is 1. The molecule has 0 bridgehead atoms. The largest absolute Gasteiger partial charge is 0.490 e. The smallest absolute Gasteiger partial charge is 0.475 e. The highest BCUT2D eigenvalue weighted by atomic mass is 19.4. The number of pyridine rings is 1. The number of aromatic amines is 1. The van der Waals surface area contributed by atoms with Crippen LogP contribution in [0.1, 0.15) is 24.2 Å². The van der Waals surface area contributed by atoms with Crippen LogP contribution in [0.5, 0.6) is 0 Å². The number of amides is 1. The third-order valence-electron chi connectivity index (χ3n) is 4.62. The summed E-state index contributed by atoms with van der Waals surface area (Å²) in [5, 5.41) is 14.2. The number of H-pyrrole nitrogens is 1. The summed E-state index contributed by atoms with van der Waals surface area (Å²) >= 11 is 0. The normalized spacial score (nSPS) is 11.3. The van der Waals surface area contributed by atoms with E-state index in [0.717, 1.165) is 22.2 Å². The summed E-state index contributed by atoms with van der Waals surface area (Å²) in [7, 11) is 1.86. The van der Waals surface area contributed by atoms with Gasteiger partial charge in [-0.1, -0.05) is 0 Å². The molecular weight excluding hydrogens is 467 g/mol. The number of nitrogens with one attached hydrogen (secondary N) is 2. The molecule has 4 aromatic rings. The van der Waals surface area contributed by atoms with E-state index in [0.29, 0.717) is 22.8 Å². The van der Waals surface area contributed by atoms with Crippen LogP contribution in [0.2, 0.25) is 0 Å². The van der Waals surface area contributed by atoms with Gasteiger partial charge in [0.05, 0.1) is 22.8 Å². The van der Waals surface area contributed by atoms with Gasteiger partial charge in [-0.05, 0) is 38.1 Å². The Labute approximate surface area is 197 Å². The Morgan fingerprint density at radius 1 is 1.17 bits per heavy atom. The number of benzene rings is 1. The van der Waals surface area contributed by atoms with Crippen molar-refractivity contribution < 1.29 is 27.9 Å². The number of carboxylic acid groups (broad SMARTS) is 1. The highest BCUT2D eigenvalue weighted by molar-refractivity contribution is 5.98. The number of carbonyl (C=O) groups is 2. The van der Waals surface area contributed by atoms with Crippen LogP contribution in [0.25, 0.3) is 33.5 Å². The summed E-state index contributed by atoms with van der Waals surface area (Å²) in [5.74, 6) is -1.89. The van der Waals surface area contributed by atoms with Crippen molar-refractivity contribution in [2.24, 2.45) is 7.05 Å². The number of halogens is 3. The monoisotopic (exact) mass is 489 g/mol. The SMILES string of the molecule is CC(C)NC(=O)c1ccc2nc(-c3cc(-c4cnn(C)c4)cnc3N)[nH]c2c1.O=C(O)C(F)(F)F. The number of aryl methyl sites for hydroxylation is 1. The lowest BCUT2D eigenvalue weighted by molar-refractivity contribution is -0.192. The zero-order valence-electron chi connectivity index (χ0n) is 18.9. The van der Waals surface area contributed by atoms with Gasteiger partial charge in [0.1, 0.15) is 11.6 Å². The molecule has 0 spiro atoms. The molecule has 0 aliphatic rings. The van der Waals surface area contributed by atoms with Crippen LogP contribution in [-0.4, -0.2) is 53.9 Å². The lowest BCUT2D eigenvalue weighted by Gasteiger charge is -2.07. The van der Waals surface area contributed by atoms with Crippen molar-refractivity contribution in [3.05, 3.63) is 48.4 Å². The number of aromatic nitrogens is 5. The molecule has 3 aromatic heterocycles. The number of nitrogen functional groups attached to an aromatic ring is 1. The third-order valence-corrected chi connectivity index (χ3v) is 4.62. The van der Waals surface area contributed by atoms with E-state index in [9.17, 15) is 18.0 Å². The van der Waals surface area contributed by atoms with Crippen LogP contribution in [0.3, 0.4) is 0 Å². The van der Waals surface area contributed by atoms with E-state index in [1.165, 1.54) is 0 Å². The van der Waals surface area contributed by atoms with Gasteiger partial charge in [0.25, 0.3) is 5.91 Å². The van der Waals surface area contributed by atoms with E-state index >= 15 is 0 Å². The molecule has 35 heavy (non-hydrogen) atoms. The number of nitrogens with zero attached hydrogens (tertiary/aromatic N) is 4. The van der Waals surface area contributed by atoms with E-state index in [1.54, 1.807) is 29.2 Å². The highest BCUT2D eigenvalue weighted by Crippen LogP contribution is 2.29. The van der Waals surface area contributed by atoms with E-state index in [2.05, 4.69) is 25.4 Å². The topological polar surface area (TPSA) is 152 Å². The van der Waals surface area contributed by atoms with Gasteiger partial charge in [0.2, 0.25) is 0 Å². The van der Waals surface area contributed by atoms with Crippen LogP contribution in [0, 0.1) is 0 Å². The number of alkyl halides is 3. The molecule has 5 N–H and O–H groups in total. The van der Waals surface area contributed by atoms with Gasteiger partial charge in [-0.2, -0.15) is 18.3 Å². The average Bonchev–Trinajstić information content (AvgIpc) is 3.39. The summed E-state index contributed by atoms with van der Waals surface area (Å²) in [6.45, 7) is 3.85. The van der Waals surface area contributed by atoms with Crippen LogP contribution in [0.15, 0.2) is 42.9 Å². The van der Waals surface area contributed by atoms with Gasteiger partial charge in [0.15, 0.2) is 0 Å². The molecular formula is C22H22F3N7O3. The Balaban J connectivity index is 0.000000429. The maximum atomic E-state index is 12.2. The molecule has 0 aliphatic carbocycles. The molecule has 1 amide bonds.